The highest BCUT2D eigenvalue weighted by atomic mass is 14.8. The number of allylic oxidation sites excluding steroid dienone is 1. The molecule has 0 aliphatic rings. The SMILES string of the molecule is C=C(C)CCc1c(C)ccnc1N. The van der Waals surface area contributed by atoms with Crippen LogP contribution in [0.4, 0.5) is 5.82 Å². The van der Waals surface area contributed by atoms with Gasteiger partial charge >= 0.3 is 0 Å². The second-order valence-electron chi connectivity index (χ2n) is 3.45. The van der Waals surface area contributed by atoms with E-state index in [-0.39, 0.29) is 0 Å². The van der Waals surface area contributed by atoms with E-state index in [4.69, 9.17) is 5.73 Å². The number of pyridine rings is 1. The summed E-state index contributed by atoms with van der Waals surface area (Å²) in [6.07, 6.45) is 3.67. The zero-order valence-corrected chi connectivity index (χ0v) is 8.30. The standard InChI is InChI=1S/C11H16N2/c1-8(2)4-5-10-9(3)6-7-13-11(10)12/h6-7H,1,4-5H2,2-3H3,(H2,12,13). The summed E-state index contributed by atoms with van der Waals surface area (Å²) >= 11 is 0. The zero-order valence-electron chi connectivity index (χ0n) is 8.30. The van der Waals surface area contributed by atoms with Crippen LogP contribution in [0.3, 0.4) is 0 Å². The first-order valence-corrected chi connectivity index (χ1v) is 4.45. The number of nitrogen functional groups attached to an aromatic ring is 1. The molecular weight excluding hydrogens is 160 g/mol. The predicted molar refractivity (Wildman–Crippen MR) is 56.5 cm³/mol. The zero-order chi connectivity index (χ0) is 9.84. The van der Waals surface area contributed by atoms with Crippen LogP contribution in [0.15, 0.2) is 24.4 Å². The van der Waals surface area contributed by atoms with E-state index < -0.39 is 0 Å². The van der Waals surface area contributed by atoms with Gasteiger partial charge in [-0.3, -0.25) is 0 Å². The van der Waals surface area contributed by atoms with E-state index in [1.165, 1.54) is 11.1 Å². The van der Waals surface area contributed by atoms with Crippen molar-refractivity contribution in [3.8, 4) is 0 Å². The second kappa shape index (κ2) is 4.08. The van der Waals surface area contributed by atoms with Gasteiger partial charge in [0.05, 0.1) is 0 Å². The third kappa shape index (κ3) is 2.58. The molecule has 0 saturated heterocycles. The lowest BCUT2D eigenvalue weighted by molar-refractivity contribution is 0.930. The molecule has 0 spiro atoms. The van der Waals surface area contributed by atoms with Crippen LogP contribution < -0.4 is 5.73 Å². The van der Waals surface area contributed by atoms with Crippen LogP contribution in [-0.2, 0) is 6.42 Å². The average molecular weight is 176 g/mol. The van der Waals surface area contributed by atoms with Gasteiger partial charge in [0.1, 0.15) is 5.82 Å². The summed E-state index contributed by atoms with van der Waals surface area (Å²) in [5, 5.41) is 0. The maximum Gasteiger partial charge on any atom is 0.126 e. The van der Waals surface area contributed by atoms with Gasteiger partial charge in [-0.25, -0.2) is 4.98 Å². The molecule has 0 unspecified atom stereocenters. The first kappa shape index (κ1) is 9.78. The topological polar surface area (TPSA) is 38.9 Å². The predicted octanol–water partition coefficient (Wildman–Crippen LogP) is 2.48. The molecule has 2 heteroatoms. The van der Waals surface area contributed by atoms with E-state index in [1.807, 2.05) is 13.0 Å². The van der Waals surface area contributed by atoms with E-state index in [0.717, 1.165) is 18.4 Å². The number of anilines is 1. The molecule has 0 amide bonds. The largest absolute Gasteiger partial charge is 0.383 e. The molecule has 0 radical (unpaired) electrons. The molecule has 1 heterocycles. The summed E-state index contributed by atoms with van der Waals surface area (Å²) in [7, 11) is 0. The third-order valence-corrected chi connectivity index (χ3v) is 2.13. The Morgan fingerprint density at radius 3 is 2.85 bits per heavy atom. The van der Waals surface area contributed by atoms with Crippen LogP contribution in [0.25, 0.3) is 0 Å². The Morgan fingerprint density at radius 2 is 2.31 bits per heavy atom. The highest BCUT2D eigenvalue weighted by molar-refractivity contribution is 5.44. The number of hydrogen-bond donors (Lipinski definition) is 1. The number of rotatable bonds is 3. The molecule has 0 saturated carbocycles. The normalized spacial score (nSPS) is 10.0. The highest BCUT2D eigenvalue weighted by Gasteiger charge is 2.03. The number of nitrogens with zero attached hydrogens (tertiary/aromatic N) is 1. The van der Waals surface area contributed by atoms with Gasteiger partial charge in [-0.05, 0) is 43.9 Å². The molecule has 70 valence electrons. The summed E-state index contributed by atoms with van der Waals surface area (Å²) in [6.45, 7) is 7.96. The van der Waals surface area contributed by atoms with E-state index in [1.54, 1.807) is 6.20 Å². The van der Waals surface area contributed by atoms with Crippen molar-refractivity contribution in [2.75, 3.05) is 5.73 Å². The smallest absolute Gasteiger partial charge is 0.126 e. The van der Waals surface area contributed by atoms with Crippen molar-refractivity contribution < 1.29 is 0 Å². The van der Waals surface area contributed by atoms with Crippen LogP contribution in [0, 0.1) is 6.92 Å². The number of hydrogen-bond acceptors (Lipinski definition) is 2. The lowest BCUT2D eigenvalue weighted by atomic mass is 10.0. The Morgan fingerprint density at radius 1 is 1.62 bits per heavy atom. The first-order valence-electron chi connectivity index (χ1n) is 4.45. The Kier molecular flexibility index (Phi) is 3.07. The summed E-state index contributed by atoms with van der Waals surface area (Å²) < 4.78 is 0. The quantitative estimate of drug-likeness (QED) is 0.718. The number of nitrogens with two attached hydrogens (primary N) is 1. The lowest BCUT2D eigenvalue weighted by Gasteiger charge is -2.07. The Bertz CT molecular complexity index is 296. The van der Waals surface area contributed by atoms with E-state index in [0.29, 0.717) is 5.82 Å². The molecule has 1 rings (SSSR count). The van der Waals surface area contributed by atoms with Gasteiger partial charge in [-0.2, -0.15) is 0 Å². The van der Waals surface area contributed by atoms with Gasteiger partial charge < -0.3 is 5.73 Å². The summed E-state index contributed by atoms with van der Waals surface area (Å²) in [5.41, 5.74) is 9.32. The molecule has 0 aliphatic heterocycles. The number of aryl methyl sites for hydroxylation is 1. The fourth-order valence-corrected chi connectivity index (χ4v) is 1.27. The molecule has 2 nitrogen and oxygen atoms in total. The van der Waals surface area contributed by atoms with Crippen molar-refractivity contribution in [3.05, 3.63) is 35.5 Å². The second-order valence-corrected chi connectivity index (χ2v) is 3.45. The van der Waals surface area contributed by atoms with Crippen molar-refractivity contribution in [1.82, 2.24) is 4.98 Å². The third-order valence-electron chi connectivity index (χ3n) is 2.13. The molecule has 13 heavy (non-hydrogen) atoms. The molecule has 0 atom stereocenters. The maximum atomic E-state index is 5.77. The van der Waals surface area contributed by atoms with Crippen molar-refractivity contribution in [2.45, 2.75) is 26.7 Å². The van der Waals surface area contributed by atoms with Gasteiger partial charge in [0.15, 0.2) is 0 Å². The van der Waals surface area contributed by atoms with Gasteiger partial charge in [0.2, 0.25) is 0 Å². The van der Waals surface area contributed by atoms with Crippen molar-refractivity contribution in [3.63, 3.8) is 0 Å². The van der Waals surface area contributed by atoms with Crippen molar-refractivity contribution in [1.29, 1.82) is 0 Å². The minimum Gasteiger partial charge on any atom is -0.383 e. The molecular formula is C11H16N2. The molecule has 0 bridgehead atoms. The van der Waals surface area contributed by atoms with Crippen LogP contribution in [-0.4, -0.2) is 4.98 Å². The van der Waals surface area contributed by atoms with E-state index in [2.05, 4.69) is 18.5 Å². The average Bonchev–Trinajstić information content (AvgIpc) is 2.03. The van der Waals surface area contributed by atoms with E-state index in [9.17, 15) is 0 Å². The van der Waals surface area contributed by atoms with Crippen LogP contribution in [0.1, 0.15) is 24.5 Å². The molecule has 0 aromatic carbocycles. The molecule has 0 aliphatic carbocycles. The van der Waals surface area contributed by atoms with Crippen LogP contribution in [0.5, 0.6) is 0 Å². The Hall–Kier alpha value is -1.31. The van der Waals surface area contributed by atoms with Gasteiger partial charge in [-0.1, -0.05) is 5.57 Å². The fourth-order valence-electron chi connectivity index (χ4n) is 1.27. The Labute approximate surface area is 79.5 Å². The van der Waals surface area contributed by atoms with Crippen molar-refractivity contribution >= 4 is 5.82 Å². The molecule has 2 N–H and O–H groups in total. The summed E-state index contributed by atoms with van der Waals surface area (Å²) in [6, 6.07) is 1.99. The van der Waals surface area contributed by atoms with Gasteiger partial charge in [-0.15, -0.1) is 6.58 Å². The Balaban J connectivity index is 2.81. The highest BCUT2D eigenvalue weighted by Crippen LogP contribution is 2.16. The maximum absolute atomic E-state index is 5.77. The lowest BCUT2D eigenvalue weighted by Crippen LogP contribution is -2.00. The first-order chi connectivity index (χ1) is 6.11. The summed E-state index contributed by atoms with van der Waals surface area (Å²) in [4.78, 5) is 4.07. The van der Waals surface area contributed by atoms with E-state index >= 15 is 0 Å². The van der Waals surface area contributed by atoms with Crippen LogP contribution >= 0.6 is 0 Å². The minimum absolute atomic E-state index is 0.654. The summed E-state index contributed by atoms with van der Waals surface area (Å²) in [5.74, 6) is 0.654. The van der Waals surface area contributed by atoms with Crippen molar-refractivity contribution in [2.24, 2.45) is 0 Å². The van der Waals surface area contributed by atoms with Gasteiger partial charge in [0.25, 0.3) is 0 Å². The molecule has 0 fully saturated rings. The van der Waals surface area contributed by atoms with Gasteiger partial charge in [0, 0.05) is 6.20 Å². The van der Waals surface area contributed by atoms with Crippen LogP contribution in [0.2, 0.25) is 0 Å². The molecule has 1 aromatic heterocycles. The number of aromatic nitrogens is 1. The fraction of sp³-hybridized carbons (Fsp3) is 0.364. The monoisotopic (exact) mass is 176 g/mol. The minimum atomic E-state index is 0.654. The molecule has 1 aromatic rings.